The van der Waals surface area contributed by atoms with Crippen LogP contribution >= 0.6 is 0 Å². The quantitative estimate of drug-likeness (QED) is 0.820. The first-order chi connectivity index (χ1) is 9.20. The molecule has 1 aromatic carbocycles. The fourth-order valence-corrected chi connectivity index (χ4v) is 1.88. The average Bonchev–Trinajstić information content (AvgIpc) is 2.62. The third-order valence-electron chi connectivity index (χ3n) is 2.95. The predicted molar refractivity (Wildman–Crippen MR) is 74.6 cm³/mol. The van der Waals surface area contributed by atoms with Gasteiger partial charge in [0.15, 0.2) is 11.5 Å². The molecule has 5 heteroatoms. The lowest BCUT2D eigenvalue weighted by atomic mass is 10.2. The van der Waals surface area contributed by atoms with Crippen molar-refractivity contribution in [3.05, 3.63) is 12.1 Å². The van der Waals surface area contributed by atoms with Crippen LogP contribution in [0.15, 0.2) is 12.1 Å². The number of rotatable bonds is 4. The molecule has 1 aliphatic rings. The van der Waals surface area contributed by atoms with Crippen molar-refractivity contribution in [1.82, 2.24) is 0 Å². The molecular formula is C14H20N2O3. The fraction of sp³-hybridized carbons (Fsp3) is 0.500. The van der Waals surface area contributed by atoms with Crippen molar-refractivity contribution >= 4 is 17.3 Å². The number of amides is 1. The maximum absolute atomic E-state index is 11.7. The third-order valence-corrected chi connectivity index (χ3v) is 2.95. The highest BCUT2D eigenvalue weighted by Crippen LogP contribution is 2.36. The summed E-state index contributed by atoms with van der Waals surface area (Å²) in [6.07, 6.45) is 3.21. The van der Waals surface area contributed by atoms with E-state index >= 15 is 0 Å². The summed E-state index contributed by atoms with van der Waals surface area (Å²) < 4.78 is 11.1. The van der Waals surface area contributed by atoms with Gasteiger partial charge in [0.05, 0.1) is 24.6 Å². The first-order valence-electron chi connectivity index (χ1n) is 6.69. The molecule has 0 fully saturated rings. The number of unbranched alkanes of at least 4 members (excludes halogenated alkanes) is 1. The molecule has 0 radical (unpaired) electrons. The number of hydrogen-bond donors (Lipinski definition) is 2. The Morgan fingerprint density at radius 2 is 2.00 bits per heavy atom. The van der Waals surface area contributed by atoms with E-state index in [-0.39, 0.29) is 5.91 Å². The number of benzene rings is 1. The fourth-order valence-electron chi connectivity index (χ4n) is 1.88. The molecule has 0 aliphatic carbocycles. The summed E-state index contributed by atoms with van der Waals surface area (Å²) in [5.74, 6) is 1.25. The van der Waals surface area contributed by atoms with E-state index in [1.165, 1.54) is 0 Å². The van der Waals surface area contributed by atoms with Gasteiger partial charge in [0.1, 0.15) is 0 Å². The largest absolute Gasteiger partial charge is 0.489 e. The zero-order chi connectivity index (χ0) is 13.7. The Bertz CT molecular complexity index is 460. The van der Waals surface area contributed by atoms with Crippen molar-refractivity contribution in [2.75, 3.05) is 24.3 Å². The minimum atomic E-state index is -0.0250. The highest BCUT2D eigenvalue weighted by molar-refractivity contribution is 5.94. The van der Waals surface area contributed by atoms with E-state index in [1.54, 1.807) is 12.1 Å². The Kier molecular flexibility index (Phi) is 4.49. The molecule has 0 bridgehead atoms. The van der Waals surface area contributed by atoms with Crippen LogP contribution < -0.4 is 20.5 Å². The molecule has 0 atom stereocenters. The van der Waals surface area contributed by atoms with Crippen LogP contribution in [0.5, 0.6) is 11.5 Å². The van der Waals surface area contributed by atoms with Crippen molar-refractivity contribution in [3.8, 4) is 11.5 Å². The van der Waals surface area contributed by atoms with Gasteiger partial charge >= 0.3 is 0 Å². The van der Waals surface area contributed by atoms with Gasteiger partial charge in [0.2, 0.25) is 5.91 Å². The smallest absolute Gasteiger partial charge is 0.224 e. The van der Waals surface area contributed by atoms with Gasteiger partial charge < -0.3 is 20.5 Å². The predicted octanol–water partition coefficient (Wildman–Crippen LogP) is 2.56. The van der Waals surface area contributed by atoms with E-state index in [1.807, 2.05) is 0 Å². The summed E-state index contributed by atoms with van der Waals surface area (Å²) in [4.78, 5) is 11.7. The van der Waals surface area contributed by atoms with E-state index in [4.69, 9.17) is 15.2 Å². The number of carbonyl (C=O) groups is 1. The highest BCUT2D eigenvalue weighted by atomic mass is 16.5. The first kappa shape index (κ1) is 13.5. The summed E-state index contributed by atoms with van der Waals surface area (Å²) in [6.45, 7) is 3.28. The minimum absolute atomic E-state index is 0.0250. The number of anilines is 2. The summed E-state index contributed by atoms with van der Waals surface area (Å²) in [6, 6.07) is 3.44. The monoisotopic (exact) mass is 264 g/mol. The average molecular weight is 264 g/mol. The second-order valence-electron chi connectivity index (χ2n) is 4.59. The molecule has 2 rings (SSSR count). The zero-order valence-corrected chi connectivity index (χ0v) is 11.2. The number of nitrogens with two attached hydrogens (primary N) is 1. The third kappa shape index (κ3) is 3.53. The van der Waals surface area contributed by atoms with Gasteiger partial charge in [-0.2, -0.15) is 0 Å². The van der Waals surface area contributed by atoms with Gasteiger partial charge in [0.25, 0.3) is 0 Å². The van der Waals surface area contributed by atoms with Gasteiger partial charge in [-0.05, 0) is 6.42 Å². The van der Waals surface area contributed by atoms with Gasteiger partial charge in [-0.1, -0.05) is 13.3 Å². The lowest BCUT2D eigenvalue weighted by Gasteiger charge is -2.13. The maximum Gasteiger partial charge on any atom is 0.224 e. The van der Waals surface area contributed by atoms with E-state index in [9.17, 15) is 4.79 Å². The number of nitrogens with one attached hydrogen (secondary N) is 1. The second-order valence-corrected chi connectivity index (χ2v) is 4.59. The number of ether oxygens (including phenoxy) is 2. The lowest BCUT2D eigenvalue weighted by molar-refractivity contribution is -0.116. The molecule has 0 spiro atoms. The van der Waals surface area contributed by atoms with Gasteiger partial charge in [-0.3, -0.25) is 4.79 Å². The zero-order valence-electron chi connectivity index (χ0n) is 11.2. The standard InChI is InChI=1S/C14H20N2O3/c1-2-3-5-14(17)16-11-9-13-12(8-10(11)15)18-6-4-7-19-13/h8-9H,2-7,15H2,1H3,(H,16,17). The summed E-state index contributed by atoms with van der Waals surface area (Å²) >= 11 is 0. The van der Waals surface area contributed by atoms with Crippen LogP contribution in [0, 0.1) is 0 Å². The van der Waals surface area contributed by atoms with Crippen molar-refractivity contribution in [1.29, 1.82) is 0 Å². The molecular weight excluding hydrogens is 244 g/mol. The maximum atomic E-state index is 11.7. The Hall–Kier alpha value is -1.91. The molecule has 1 heterocycles. The van der Waals surface area contributed by atoms with Gasteiger partial charge in [-0.15, -0.1) is 0 Å². The van der Waals surface area contributed by atoms with Crippen LogP contribution in [0.4, 0.5) is 11.4 Å². The molecule has 19 heavy (non-hydrogen) atoms. The number of hydrogen-bond acceptors (Lipinski definition) is 4. The van der Waals surface area contributed by atoms with Crippen LogP contribution in [0.3, 0.4) is 0 Å². The van der Waals surface area contributed by atoms with Crippen LogP contribution in [0.2, 0.25) is 0 Å². The molecule has 3 N–H and O–H groups in total. The SMILES string of the molecule is CCCCC(=O)Nc1cc2c(cc1N)OCCCO2. The Morgan fingerprint density at radius 1 is 1.32 bits per heavy atom. The second kappa shape index (κ2) is 6.31. The van der Waals surface area contributed by atoms with Gasteiger partial charge in [0, 0.05) is 25.0 Å². The molecule has 0 aromatic heterocycles. The molecule has 5 nitrogen and oxygen atoms in total. The van der Waals surface area contributed by atoms with E-state index in [2.05, 4.69) is 12.2 Å². The molecule has 104 valence electrons. The van der Waals surface area contributed by atoms with Crippen LogP contribution in [0.25, 0.3) is 0 Å². The van der Waals surface area contributed by atoms with E-state index in [0.717, 1.165) is 19.3 Å². The van der Waals surface area contributed by atoms with Crippen LogP contribution in [0.1, 0.15) is 32.6 Å². The minimum Gasteiger partial charge on any atom is -0.489 e. The Balaban J connectivity index is 2.12. The van der Waals surface area contributed by atoms with Crippen LogP contribution in [-0.2, 0) is 4.79 Å². The molecule has 1 aromatic rings. The molecule has 0 saturated heterocycles. The first-order valence-corrected chi connectivity index (χ1v) is 6.69. The summed E-state index contributed by atoms with van der Waals surface area (Å²) in [7, 11) is 0. The Morgan fingerprint density at radius 3 is 2.68 bits per heavy atom. The highest BCUT2D eigenvalue weighted by Gasteiger charge is 2.14. The van der Waals surface area contributed by atoms with E-state index < -0.39 is 0 Å². The lowest BCUT2D eigenvalue weighted by Crippen LogP contribution is -2.12. The Labute approximate surface area is 113 Å². The molecule has 1 aliphatic heterocycles. The molecule has 0 unspecified atom stereocenters. The van der Waals surface area contributed by atoms with Crippen molar-refractivity contribution in [3.63, 3.8) is 0 Å². The number of nitrogen functional groups attached to an aromatic ring is 1. The normalized spacial score (nSPS) is 13.7. The molecule has 1 amide bonds. The number of fused-ring (bicyclic) bond motifs is 1. The van der Waals surface area contributed by atoms with Crippen molar-refractivity contribution < 1.29 is 14.3 Å². The van der Waals surface area contributed by atoms with Gasteiger partial charge in [-0.25, -0.2) is 0 Å². The van der Waals surface area contributed by atoms with Crippen molar-refractivity contribution in [2.45, 2.75) is 32.6 Å². The number of carbonyl (C=O) groups excluding carboxylic acids is 1. The summed E-state index contributed by atoms with van der Waals surface area (Å²) in [5.41, 5.74) is 7.01. The molecule has 0 saturated carbocycles. The van der Waals surface area contributed by atoms with Crippen LogP contribution in [-0.4, -0.2) is 19.1 Å². The summed E-state index contributed by atoms with van der Waals surface area (Å²) in [5, 5.41) is 2.82. The topological polar surface area (TPSA) is 73.6 Å². The van der Waals surface area contributed by atoms with Crippen molar-refractivity contribution in [2.24, 2.45) is 0 Å². The van der Waals surface area contributed by atoms with E-state index in [0.29, 0.717) is 42.5 Å².